The molecule has 15 heavy (non-hydrogen) atoms. The maximum Gasteiger partial charge on any atom is 0.280 e. The number of alkyl halides is 3. The summed E-state index contributed by atoms with van der Waals surface area (Å²) in [6.45, 7) is 1.54. The lowest BCUT2D eigenvalue weighted by atomic mass is 10.0. The van der Waals surface area contributed by atoms with Crippen LogP contribution in [0.1, 0.15) is 28.9 Å². The largest absolute Gasteiger partial charge is 0.280 e. The summed E-state index contributed by atoms with van der Waals surface area (Å²) in [4.78, 5) is 3.74. The molecule has 0 amide bonds. The summed E-state index contributed by atoms with van der Waals surface area (Å²) < 4.78 is 25.2. The van der Waals surface area contributed by atoms with E-state index in [9.17, 15) is 8.78 Å². The molecule has 0 saturated heterocycles. The Balaban J connectivity index is 3.28. The van der Waals surface area contributed by atoms with Crippen molar-refractivity contribution in [3.05, 3.63) is 28.6 Å². The molecule has 1 aromatic rings. The van der Waals surface area contributed by atoms with Crippen molar-refractivity contribution in [2.75, 3.05) is 0 Å². The first-order chi connectivity index (χ1) is 7.10. The topological polar surface area (TPSA) is 36.7 Å². The zero-order valence-corrected chi connectivity index (χ0v) is 8.85. The molecule has 80 valence electrons. The third-order valence-electron chi connectivity index (χ3n) is 2.08. The van der Waals surface area contributed by atoms with E-state index in [1.54, 1.807) is 13.0 Å². The number of nitrogens with zero attached hydrogens (tertiary/aromatic N) is 2. The highest BCUT2D eigenvalue weighted by molar-refractivity contribution is 6.16. The van der Waals surface area contributed by atoms with Crippen molar-refractivity contribution >= 4 is 11.6 Å². The van der Waals surface area contributed by atoms with Crippen molar-refractivity contribution < 1.29 is 8.78 Å². The molecule has 0 aromatic carbocycles. The van der Waals surface area contributed by atoms with Gasteiger partial charge in [0.25, 0.3) is 6.43 Å². The van der Waals surface area contributed by atoms with Crippen LogP contribution < -0.4 is 0 Å². The van der Waals surface area contributed by atoms with Gasteiger partial charge in [-0.05, 0) is 24.1 Å². The maximum atomic E-state index is 12.6. The zero-order valence-electron chi connectivity index (χ0n) is 8.10. The molecule has 1 heterocycles. The summed E-state index contributed by atoms with van der Waals surface area (Å²) in [5.41, 5.74) is 1.04. The minimum Gasteiger partial charge on any atom is -0.250 e. The van der Waals surface area contributed by atoms with E-state index >= 15 is 0 Å². The van der Waals surface area contributed by atoms with Crippen molar-refractivity contribution in [2.24, 2.45) is 0 Å². The van der Waals surface area contributed by atoms with Gasteiger partial charge in [0.05, 0.1) is 24.1 Å². The van der Waals surface area contributed by atoms with Crippen LogP contribution >= 0.6 is 11.6 Å². The Morgan fingerprint density at radius 1 is 1.60 bits per heavy atom. The summed E-state index contributed by atoms with van der Waals surface area (Å²) in [6.07, 6.45) is -2.54. The highest BCUT2D eigenvalue weighted by atomic mass is 35.5. The van der Waals surface area contributed by atoms with Crippen molar-refractivity contribution in [2.45, 2.75) is 25.7 Å². The van der Waals surface area contributed by atoms with Gasteiger partial charge in [0.2, 0.25) is 0 Å². The highest BCUT2D eigenvalue weighted by Crippen LogP contribution is 2.24. The molecule has 0 radical (unpaired) electrons. The number of pyridine rings is 1. The number of hydrogen-bond acceptors (Lipinski definition) is 2. The third-order valence-corrected chi connectivity index (χ3v) is 2.36. The normalized spacial score (nSPS) is 10.4. The van der Waals surface area contributed by atoms with E-state index in [0.717, 1.165) is 0 Å². The maximum absolute atomic E-state index is 12.6. The fourth-order valence-electron chi connectivity index (χ4n) is 1.29. The van der Waals surface area contributed by atoms with E-state index in [-0.39, 0.29) is 18.0 Å². The van der Waals surface area contributed by atoms with Crippen molar-refractivity contribution in [1.29, 1.82) is 5.26 Å². The predicted octanol–water partition coefficient (Wildman–Crippen LogP) is 3.13. The monoisotopic (exact) mass is 230 g/mol. The molecule has 0 aliphatic carbocycles. The van der Waals surface area contributed by atoms with Gasteiger partial charge in [-0.1, -0.05) is 0 Å². The van der Waals surface area contributed by atoms with Gasteiger partial charge in [-0.3, -0.25) is 4.98 Å². The van der Waals surface area contributed by atoms with Gasteiger partial charge in [-0.2, -0.15) is 5.26 Å². The average molecular weight is 231 g/mol. The molecule has 0 fully saturated rings. The van der Waals surface area contributed by atoms with E-state index in [1.165, 1.54) is 0 Å². The van der Waals surface area contributed by atoms with Crippen LogP contribution in [0.2, 0.25) is 0 Å². The Bertz CT molecular complexity index is 399. The third kappa shape index (κ3) is 2.63. The molecular formula is C10H9ClF2N2. The van der Waals surface area contributed by atoms with Crippen LogP contribution in [0.5, 0.6) is 0 Å². The number of rotatable bonds is 3. The summed E-state index contributed by atoms with van der Waals surface area (Å²) in [5, 5.41) is 8.55. The van der Waals surface area contributed by atoms with Gasteiger partial charge < -0.3 is 0 Å². The van der Waals surface area contributed by atoms with Crippen LogP contribution in [-0.4, -0.2) is 4.98 Å². The van der Waals surface area contributed by atoms with Gasteiger partial charge in [-0.25, -0.2) is 8.78 Å². The van der Waals surface area contributed by atoms with Gasteiger partial charge in [0, 0.05) is 0 Å². The minimum absolute atomic E-state index is 0.0679. The van der Waals surface area contributed by atoms with Crippen molar-refractivity contribution in [3.63, 3.8) is 0 Å². The van der Waals surface area contributed by atoms with Gasteiger partial charge >= 0.3 is 0 Å². The van der Waals surface area contributed by atoms with E-state index < -0.39 is 6.43 Å². The molecule has 0 atom stereocenters. The number of hydrogen-bond donors (Lipinski definition) is 0. The molecule has 0 N–H and O–H groups in total. The smallest absolute Gasteiger partial charge is 0.250 e. The Morgan fingerprint density at radius 3 is 2.73 bits per heavy atom. The van der Waals surface area contributed by atoms with Gasteiger partial charge in [0.15, 0.2) is 0 Å². The zero-order chi connectivity index (χ0) is 11.4. The lowest BCUT2D eigenvalue weighted by Gasteiger charge is -2.09. The second-order valence-corrected chi connectivity index (χ2v) is 3.32. The molecule has 0 spiro atoms. The molecule has 0 saturated carbocycles. The standard InChI is InChI=1S/C10H9ClF2N2/c1-6-7(2-3-14)4-8(5-11)15-9(6)10(12)13/h4,10H,2,5H2,1H3. The van der Waals surface area contributed by atoms with E-state index in [4.69, 9.17) is 16.9 Å². The molecule has 0 bridgehead atoms. The van der Waals surface area contributed by atoms with Crippen LogP contribution in [0.3, 0.4) is 0 Å². The fourth-order valence-corrected chi connectivity index (χ4v) is 1.43. The van der Waals surface area contributed by atoms with Crippen LogP contribution in [0.25, 0.3) is 0 Å². The molecule has 0 aliphatic heterocycles. The second kappa shape index (κ2) is 5.04. The van der Waals surface area contributed by atoms with E-state index in [1.807, 2.05) is 6.07 Å². The fraction of sp³-hybridized carbons (Fsp3) is 0.400. The summed E-state index contributed by atoms with van der Waals surface area (Å²) in [5.74, 6) is 0.0679. The summed E-state index contributed by atoms with van der Waals surface area (Å²) in [7, 11) is 0. The first-order valence-electron chi connectivity index (χ1n) is 4.30. The molecule has 1 rings (SSSR count). The molecule has 2 nitrogen and oxygen atoms in total. The molecule has 0 unspecified atom stereocenters. The summed E-state index contributed by atoms with van der Waals surface area (Å²) in [6, 6.07) is 3.52. The average Bonchev–Trinajstić information content (AvgIpc) is 2.21. The Morgan fingerprint density at radius 2 is 2.27 bits per heavy atom. The molecular weight excluding hydrogens is 222 g/mol. The highest BCUT2D eigenvalue weighted by Gasteiger charge is 2.16. The predicted molar refractivity (Wildman–Crippen MR) is 52.8 cm³/mol. The van der Waals surface area contributed by atoms with Crippen molar-refractivity contribution in [3.8, 4) is 6.07 Å². The SMILES string of the molecule is Cc1c(CC#N)cc(CCl)nc1C(F)F. The Kier molecular flexibility index (Phi) is 3.98. The van der Waals surface area contributed by atoms with Crippen molar-refractivity contribution in [1.82, 2.24) is 4.98 Å². The van der Waals surface area contributed by atoms with Crippen LogP contribution in [0, 0.1) is 18.3 Å². The number of aromatic nitrogens is 1. The van der Waals surface area contributed by atoms with E-state index in [2.05, 4.69) is 4.98 Å². The molecule has 5 heteroatoms. The Hall–Kier alpha value is -1.21. The first-order valence-corrected chi connectivity index (χ1v) is 4.84. The second-order valence-electron chi connectivity index (χ2n) is 3.05. The first kappa shape index (κ1) is 11.9. The van der Waals surface area contributed by atoms with Gasteiger partial charge in [0.1, 0.15) is 5.69 Å². The lowest BCUT2D eigenvalue weighted by Crippen LogP contribution is -2.02. The summed E-state index contributed by atoms with van der Waals surface area (Å²) >= 11 is 5.54. The van der Waals surface area contributed by atoms with Crippen LogP contribution in [0.4, 0.5) is 8.78 Å². The minimum atomic E-state index is -2.63. The number of halogens is 3. The quantitative estimate of drug-likeness (QED) is 0.748. The van der Waals surface area contributed by atoms with Crippen LogP contribution in [0.15, 0.2) is 6.07 Å². The lowest BCUT2D eigenvalue weighted by molar-refractivity contribution is 0.145. The Labute approximate surface area is 91.5 Å². The molecule has 0 aliphatic rings. The van der Waals surface area contributed by atoms with Crippen LogP contribution in [-0.2, 0) is 12.3 Å². The molecule has 1 aromatic heterocycles. The van der Waals surface area contributed by atoms with E-state index in [0.29, 0.717) is 16.8 Å². The number of nitriles is 1. The van der Waals surface area contributed by atoms with Gasteiger partial charge in [-0.15, -0.1) is 11.6 Å².